The van der Waals surface area contributed by atoms with Gasteiger partial charge in [0.2, 0.25) is 6.29 Å². The highest BCUT2D eigenvalue weighted by Crippen LogP contribution is 2.26. The fourth-order valence-electron chi connectivity index (χ4n) is 1.98. The van der Waals surface area contributed by atoms with Crippen molar-refractivity contribution in [2.75, 3.05) is 13.0 Å². The summed E-state index contributed by atoms with van der Waals surface area (Å²) in [4.78, 5) is 10.5. The number of ether oxygens (including phenoxy) is 2. The molecule has 0 saturated heterocycles. The van der Waals surface area contributed by atoms with E-state index in [1.807, 2.05) is 24.5 Å². The van der Waals surface area contributed by atoms with Gasteiger partial charge in [-0.3, -0.25) is 4.79 Å². The van der Waals surface area contributed by atoms with Gasteiger partial charge in [0.25, 0.3) is 0 Å². The summed E-state index contributed by atoms with van der Waals surface area (Å²) < 4.78 is 11.3. The Morgan fingerprint density at radius 1 is 1.25 bits per heavy atom. The number of methoxy groups -OCH3 is 1. The molecule has 4 heteroatoms. The number of hydrogen-bond donors (Lipinski definition) is 0. The van der Waals surface area contributed by atoms with Crippen LogP contribution in [0.15, 0.2) is 18.2 Å². The maximum atomic E-state index is 10.5. The largest absolute Gasteiger partial charge is 0.497 e. The van der Waals surface area contributed by atoms with Gasteiger partial charge in [0.1, 0.15) is 17.6 Å². The van der Waals surface area contributed by atoms with E-state index in [1.54, 1.807) is 7.11 Å². The molecule has 0 bridgehead atoms. The summed E-state index contributed by atoms with van der Waals surface area (Å²) in [6.45, 7) is 4.25. The zero-order chi connectivity index (χ0) is 15.0. The molecule has 0 spiro atoms. The Morgan fingerprint density at radius 2 is 1.95 bits per heavy atom. The lowest BCUT2D eigenvalue weighted by atomic mass is 10.0. The van der Waals surface area contributed by atoms with Crippen LogP contribution in [0.5, 0.6) is 11.5 Å². The van der Waals surface area contributed by atoms with Gasteiger partial charge in [0, 0.05) is 18.4 Å². The first kappa shape index (κ1) is 16.8. The zero-order valence-electron chi connectivity index (χ0n) is 12.3. The van der Waals surface area contributed by atoms with E-state index in [0.29, 0.717) is 17.5 Å². The van der Waals surface area contributed by atoms with Crippen LogP contribution in [0.4, 0.5) is 0 Å². The van der Waals surface area contributed by atoms with Gasteiger partial charge >= 0.3 is 0 Å². The molecule has 0 saturated carbocycles. The van der Waals surface area contributed by atoms with E-state index in [4.69, 9.17) is 21.1 Å². The Balaban J connectivity index is 2.86. The van der Waals surface area contributed by atoms with Crippen molar-refractivity contribution in [2.45, 2.75) is 39.2 Å². The van der Waals surface area contributed by atoms with Gasteiger partial charge in [-0.15, -0.1) is 11.6 Å². The lowest BCUT2D eigenvalue weighted by Gasteiger charge is -2.23. The molecule has 1 aromatic carbocycles. The van der Waals surface area contributed by atoms with Crippen molar-refractivity contribution in [2.24, 2.45) is 5.92 Å². The van der Waals surface area contributed by atoms with E-state index in [0.717, 1.165) is 24.2 Å². The Hall–Kier alpha value is -1.22. The summed E-state index contributed by atoms with van der Waals surface area (Å²) in [5.41, 5.74) is 0.842. The molecule has 20 heavy (non-hydrogen) atoms. The Kier molecular flexibility index (Phi) is 7.45. The van der Waals surface area contributed by atoms with Crippen LogP contribution in [-0.4, -0.2) is 25.4 Å². The molecule has 0 aromatic heterocycles. The van der Waals surface area contributed by atoms with Gasteiger partial charge in [-0.25, -0.2) is 0 Å². The third kappa shape index (κ3) is 5.41. The van der Waals surface area contributed by atoms with E-state index in [9.17, 15) is 4.79 Å². The number of benzene rings is 1. The maximum absolute atomic E-state index is 10.5. The fraction of sp³-hybridized carbons (Fsp3) is 0.562. The van der Waals surface area contributed by atoms with Crippen LogP contribution in [0.1, 0.15) is 32.3 Å². The topological polar surface area (TPSA) is 35.5 Å². The van der Waals surface area contributed by atoms with Gasteiger partial charge in [0.15, 0.2) is 0 Å². The first-order valence-electron chi connectivity index (χ1n) is 6.86. The molecule has 1 aromatic rings. The van der Waals surface area contributed by atoms with Crippen LogP contribution in [0, 0.1) is 5.92 Å². The third-order valence-electron chi connectivity index (χ3n) is 3.11. The van der Waals surface area contributed by atoms with Crippen molar-refractivity contribution in [1.82, 2.24) is 0 Å². The summed E-state index contributed by atoms with van der Waals surface area (Å²) >= 11 is 5.75. The second kappa shape index (κ2) is 8.85. The second-order valence-corrected chi connectivity index (χ2v) is 5.45. The van der Waals surface area contributed by atoms with Crippen molar-refractivity contribution in [1.29, 1.82) is 0 Å². The van der Waals surface area contributed by atoms with Crippen molar-refractivity contribution >= 4 is 17.9 Å². The molecule has 0 aliphatic carbocycles. The molecular weight excluding hydrogens is 276 g/mol. The molecule has 3 nitrogen and oxygen atoms in total. The highest BCUT2D eigenvalue weighted by atomic mass is 35.5. The molecule has 0 amide bonds. The number of hydrogen-bond acceptors (Lipinski definition) is 3. The second-order valence-electron chi connectivity index (χ2n) is 5.07. The summed E-state index contributed by atoms with van der Waals surface area (Å²) in [5, 5.41) is 0. The van der Waals surface area contributed by atoms with E-state index in [-0.39, 0.29) is 12.5 Å². The number of carbonyl (C=O) groups excluding carboxylic acids is 1. The van der Waals surface area contributed by atoms with Crippen molar-refractivity contribution in [3.05, 3.63) is 23.8 Å². The molecule has 111 valence electrons. The van der Waals surface area contributed by atoms with Crippen LogP contribution in [0.2, 0.25) is 0 Å². The molecule has 1 radical (unpaired) electrons. The Bertz CT molecular complexity index is 418. The average Bonchev–Trinajstić information content (AvgIpc) is 2.43. The van der Waals surface area contributed by atoms with E-state index < -0.39 is 0 Å². The molecular formula is C16H22ClO3. The van der Waals surface area contributed by atoms with Crippen LogP contribution < -0.4 is 9.47 Å². The predicted octanol–water partition coefficient (Wildman–Crippen LogP) is 3.77. The number of alkyl halides is 1. The lowest BCUT2D eigenvalue weighted by molar-refractivity contribution is 0.140. The highest BCUT2D eigenvalue weighted by molar-refractivity contribution is 6.17. The van der Waals surface area contributed by atoms with Crippen LogP contribution >= 0.6 is 11.6 Å². The SMILES string of the molecule is COc1cc(C[C]=O)cc(OC(CCCCl)C(C)C)c1. The zero-order valence-corrected chi connectivity index (χ0v) is 13.1. The normalized spacial score (nSPS) is 12.2. The highest BCUT2D eigenvalue weighted by Gasteiger charge is 2.15. The molecule has 0 fully saturated rings. The van der Waals surface area contributed by atoms with Crippen molar-refractivity contribution in [3.63, 3.8) is 0 Å². The fourth-order valence-corrected chi connectivity index (χ4v) is 2.14. The van der Waals surface area contributed by atoms with E-state index in [1.165, 1.54) is 0 Å². The van der Waals surface area contributed by atoms with Crippen LogP contribution in [0.3, 0.4) is 0 Å². The van der Waals surface area contributed by atoms with Gasteiger partial charge in [-0.2, -0.15) is 0 Å². The summed E-state index contributed by atoms with van der Waals surface area (Å²) in [7, 11) is 1.60. The van der Waals surface area contributed by atoms with E-state index >= 15 is 0 Å². The molecule has 0 aliphatic rings. The number of rotatable bonds is 9. The third-order valence-corrected chi connectivity index (χ3v) is 3.37. The lowest BCUT2D eigenvalue weighted by Crippen LogP contribution is -2.23. The standard InChI is InChI=1S/C16H22ClO3/c1-12(2)16(5-4-7-17)20-15-10-13(6-8-18)9-14(11-15)19-3/h9-12,16H,4-7H2,1-3H3. The molecule has 0 N–H and O–H groups in total. The van der Waals surface area contributed by atoms with Crippen molar-refractivity contribution in [3.8, 4) is 11.5 Å². The van der Waals surface area contributed by atoms with E-state index in [2.05, 4.69) is 13.8 Å². The first-order valence-corrected chi connectivity index (χ1v) is 7.39. The summed E-state index contributed by atoms with van der Waals surface area (Å²) in [6.07, 6.45) is 4.07. The predicted molar refractivity (Wildman–Crippen MR) is 81.6 cm³/mol. The van der Waals surface area contributed by atoms with Crippen LogP contribution in [-0.2, 0) is 11.2 Å². The minimum absolute atomic E-state index is 0.105. The number of halogens is 1. The monoisotopic (exact) mass is 297 g/mol. The van der Waals surface area contributed by atoms with Gasteiger partial charge in [-0.05, 0) is 36.5 Å². The molecule has 0 heterocycles. The van der Waals surface area contributed by atoms with Crippen LogP contribution in [0.25, 0.3) is 0 Å². The summed E-state index contributed by atoms with van der Waals surface area (Å²) in [5.74, 6) is 2.44. The minimum Gasteiger partial charge on any atom is -0.497 e. The molecule has 0 aliphatic heterocycles. The quantitative estimate of drug-likeness (QED) is 0.651. The van der Waals surface area contributed by atoms with Gasteiger partial charge in [0.05, 0.1) is 7.11 Å². The minimum atomic E-state index is 0.105. The molecule has 1 rings (SSSR count). The first-order chi connectivity index (χ1) is 9.60. The summed E-state index contributed by atoms with van der Waals surface area (Å²) in [6, 6.07) is 5.52. The average molecular weight is 298 g/mol. The van der Waals surface area contributed by atoms with Crippen molar-refractivity contribution < 1.29 is 14.3 Å². The van der Waals surface area contributed by atoms with Gasteiger partial charge < -0.3 is 9.47 Å². The molecule has 1 atom stereocenters. The smallest absolute Gasteiger partial charge is 0.203 e. The Labute approximate surface area is 126 Å². The Morgan fingerprint density at radius 3 is 2.50 bits per heavy atom. The molecule has 1 unspecified atom stereocenters. The van der Waals surface area contributed by atoms with Gasteiger partial charge in [-0.1, -0.05) is 13.8 Å². The maximum Gasteiger partial charge on any atom is 0.203 e.